The van der Waals surface area contributed by atoms with Gasteiger partial charge in [-0.05, 0) is 30.5 Å². The summed E-state index contributed by atoms with van der Waals surface area (Å²) in [6.07, 6.45) is 3.46. The Morgan fingerprint density at radius 2 is 2.05 bits per heavy atom. The van der Waals surface area contributed by atoms with Crippen molar-refractivity contribution in [1.82, 2.24) is 10.2 Å². The van der Waals surface area contributed by atoms with Gasteiger partial charge in [-0.1, -0.05) is 23.7 Å². The van der Waals surface area contributed by atoms with Gasteiger partial charge in [0.25, 0.3) is 5.56 Å². The van der Waals surface area contributed by atoms with Gasteiger partial charge in [0.2, 0.25) is 0 Å². The Hall–Kier alpha value is -2.01. The maximum Gasteiger partial charge on any atom is 0.285 e. The first-order chi connectivity index (χ1) is 10.1. The molecule has 0 spiro atoms. The van der Waals surface area contributed by atoms with Crippen molar-refractivity contribution in [3.8, 4) is 5.75 Å². The molecule has 1 heterocycles. The summed E-state index contributed by atoms with van der Waals surface area (Å²) in [6.45, 7) is 0.789. The van der Waals surface area contributed by atoms with Gasteiger partial charge in [0.05, 0.1) is 19.0 Å². The molecule has 2 aromatic rings. The van der Waals surface area contributed by atoms with E-state index in [0.29, 0.717) is 5.69 Å². The minimum Gasteiger partial charge on any atom is -0.497 e. The Labute approximate surface area is 128 Å². The number of hydrogen-bond donors (Lipinski definition) is 1. The van der Waals surface area contributed by atoms with Crippen molar-refractivity contribution < 1.29 is 4.74 Å². The summed E-state index contributed by atoms with van der Waals surface area (Å²) in [7, 11) is 3.56. The Bertz CT molecular complexity index is 640. The Morgan fingerprint density at radius 1 is 1.33 bits per heavy atom. The molecule has 1 N–H and O–H groups in total. The van der Waals surface area contributed by atoms with Crippen LogP contribution in [0.3, 0.4) is 0 Å². The smallest absolute Gasteiger partial charge is 0.285 e. The number of nitrogens with zero attached hydrogens (tertiary/aromatic N) is 2. The summed E-state index contributed by atoms with van der Waals surface area (Å²) in [5.41, 5.74) is 1.53. The van der Waals surface area contributed by atoms with Crippen molar-refractivity contribution in [2.45, 2.75) is 12.8 Å². The number of methoxy groups -OCH3 is 1. The van der Waals surface area contributed by atoms with E-state index in [-0.39, 0.29) is 10.6 Å². The number of H-pyrrole nitrogens is 1. The highest BCUT2D eigenvalue weighted by Gasteiger charge is 2.09. The van der Waals surface area contributed by atoms with E-state index in [0.717, 1.165) is 25.1 Å². The van der Waals surface area contributed by atoms with E-state index < -0.39 is 0 Å². The van der Waals surface area contributed by atoms with Crippen molar-refractivity contribution in [3.05, 3.63) is 51.4 Å². The highest BCUT2D eigenvalue weighted by molar-refractivity contribution is 6.32. The van der Waals surface area contributed by atoms with E-state index in [2.05, 4.69) is 22.3 Å². The molecule has 6 heteroatoms. The Kier molecular flexibility index (Phi) is 5.22. The second-order valence-corrected chi connectivity index (χ2v) is 5.15. The highest BCUT2D eigenvalue weighted by Crippen LogP contribution is 2.19. The first-order valence-electron chi connectivity index (χ1n) is 6.69. The number of rotatable bonds is 6. The van der Waals surface area contributed by atoms with Crippen LogP contribution in [0.5, 0.6) is 5.75 Å². The molecule has 0 saturated carbocycles. The van der Waals surface area contributed by atoms with Crippen LogP contribution < -0.4 is 15.2 Å². The second-order valence-electron chi connectivity index (χ2n) is 4.77. The number of aromatic amines is 1. The SMILES string of the molecule is COc1ccc(CCCN(C)c2cn[nH]c(=O)c2Cl)cc1. The van der Waals surface area contributed by atoms with Gasteiger partial charge in [-0.15, -0.1) is 0 Å². The molecule has 0 unspecified atom stereocenters. The number of benzene rings is 1. The molecule has 0 aliphatic carbocycles. The third kappa shape index (κ3) is 3.98. The number of aryl methyl sites for hydroxylation is 1. The van der Waals surface area contributed by atoms with Crippen LogP contribution in [0.15, 0.2) is 35.3 Å². The Morgan fingerprint density at radius 3 is 2.71 bits per heavy atom. The predicted molar refractivity (Wildman–Crippen MR) is 84.5 cm³/mol. The predicted octanol–water partition coefficient (Wildman–Crippen LogP) is 2.50. The molecule has 0 aliphatic rings. The van der Waals surface area contributed by atoms with Gasteiger partial charge in [-0.2, -0.15) is 5.10 Å². The summed E-state index contributed by atoms with van der Waals surface area (Å²) in [6, 6.07) is 8.02. The minimum absolute atomic E-state index is 0.178. The number of nitrogens with one attached hydrogen (secondary N) is 1. The molecule has 112 valence electrons. The molecule has 0 amide bonds. The van der Waals surface area contributed by atoms with Crippen LogP contribution in [-0.2, 0) is 6.42 Å². The number of ether oxygens (including phenoxy) is 1. The van der Waals surface area contributed by atoms with Gasteiger partial charge < -0.3 is 9.64 Å². The molecule has 5 nitrogen and oxygen atoms in total. The van der Waals surface area contributed by atoms with Crippen molar-refractivity contribution in [3.63, 3.8) is 0 Å². The fraction of sp³-hybridized carbons (Fsp3) is 0.333. The van der Waals surface area contributed by atoms with Crippen LogP contribution in [0.1, 0.15) is 12.0 Å². The standard InChI is InChI=1S/C15H18ClN3O2/c1-19(13-10-17-18-15(20)14(13)16)9-3-4-11-5-7-12(21-2)8-6-11/h5-8,10H,3-4,9H2,1-2H3,(H,18,20). The van der Waals surface area contributed by atoms with E-state index in [4.69, 9.17) is 16.3 Å². The van der Waals surface area contributed by atoms with Gasteiger partial charge in [0.1, 0.15) is 10.8 Å². The molecule has 0 aliphatic heterocycles. The topological polar surface area (TPSA) is 58.2 Å². The summed E-state index contributed by atoms with van der Waals surface area (Å²) in [5.74, 6) is 0.859. The van der Waals surface area contributed by atoms with E-state index in [1.54, 1.807) is 13.3 Å². The van der Waals surface area contributed by atoms with Crippen molar-refractivity contribution in [2.24, 2.45) is 0 Å². The molecule has 0 atom stereocenters. The molecule has 21 heavy (non-hydrogen) atoms. The first-order valence-corrected chi connectivity index (χ1v) is 7.07. The summed E-state index contributed by atoms with van der Waals surface area (Å²) >= 11 is 5.98. The van der Waals surface area contributed by atoms with Crippen LogP contribution >= 0.6 is 11.6 Å². The zero-order valence-electron chi connectivity index (χ0n) is 12.1. The maximum absolute atomic E-state index is 11.4. The maximum atomic E-state index is 11.4. The monoisotopic (exact) mass is 307 g/mol. The minimum atomic E-state index is -0.365. The molecular formula is C15H18ClN3O2. The first kappa shape index (κ1) is 15.4. The summed E-state index contributed by atoms with van der Waals surface area (Å²) < 4.78 is 5.13. The largest absolute Gasteiger partial charge is 0.497 e. The highest BCUT2D eigenvalue weighted by atomic mass is 35.5. The molecule has 0 saturated heterocycles. The van der Waals surface area contributed by atoms with Crippen molar-refractivity contribution in [2.75, 3.05) is 25.6 Å². The normalized spacial score (nSPS) is 10.4. The molecule has 1 aromatic heterocycles. The van der Waals surface area contributed by atoms with Gasteiger partial charge in [-0.3, -0.25) is 4.79 Å². The summed E-state index contributed by atoms with van der Waals surface area (Å²) in [4.78, 5) is 13.3. The molecular weight excluding hydrogens is 290 g/mol. The van der Waals surface area contributed by atoms with E-state index in [1.807, 2.05) is 24.1 Å². The third-order valence-electron chi connectivity index (χ3n) is 3.31. The molecule has 1 aromatic carbocycles. The lowest BCUT2D eigenvalue weighted by atomic mass is 10.1. The lowest BCUT2D eigenvalue weighted by Crippen LogP contribution is -2.22. The van der Waals surface area contributed by atoms with Crippen LogP contribution in [0.2, 0.25) is 5.02 Å². The van der Waals surface area contributed by atoms with Crippen molar-refractivity contribution >= 4 is 17.3 Å². The average Bonchev–Trinajstić information content (AvgIpc) is 2.50. The Balaban J connectivity index is 1.90. The molecule has 0 bridgehead atoms. The van der Waals surface area contributed by atoms with Crippen LogP contribution in [0, 0.1) is 0 Å². The molecule has 2 rings (SSSR count). The second kappa shape index (κ2) is 7.13. The zero-order chi connectivity index (χ0) is 15.2. The van der Waals surface area contributed by atoms with E-state index in [9.17, 15) is 4.79 Å². The fourth-order valence-electron chi connectivity index (χ4n) is 2.07. The van der Waals surface area contributed by atoms with Crippen LogP contribution in [0.4, 0.5) is 5.69 Å². The number of halogens is 1. The van der Waals surface area contributed by atoms with Gasteiger partial charge in [0.15, 0.2) is 0 Å². The third-order valence-corrected chi connectivity index (χ3v) is 3.67. The van der Waals surface area contributed by atoms with E-state index >= 15 is 0 Å². The average molecular weight is 308 g/mol. The lowest BCUT2D eigenvalue weighted by molar-refractivity contribution is 0.414. The fourth-order valence-corrected chi connectivity index (χ4v) is 2.31. The number of aromatic nitrogens is 2. The van der Waals surface area contributed by atoms with Crippen LogP contribution in [-0.4, -0.2) is 30.9 Å². The molecule has 0 radical (unpaired) electrons. The zero-order valence-corrected chi connectivity index (χ0v) is 12.9. The number of anilines is 1. The summed E-state index contributed by atoms with van der Waals surface area (Å²) in [5, 5.41) is 6.26. The van der Waals surface area contributed by atoms with Crippen LogP contribution in [0.25, 0.3) is 0 Å². The quantitative estimate of drug-likeness (QED) is 0.891. The van der Waals surface area contributed by atoms with E-state index in [1.165, 1.54) is 5.56 Å². The lowest BCUT2D eigenvalue weighted by Gasteiger charge is -2.19. The molecule has 0 fully saturated rings. The van der Waals surface area contributed by atoms with Gasteiger partial charge in [0, 0.05) is 13.6 Å². The van der Waals surface area contributed by atoms with Crippen molar-refractivity contribution in [1.29, 1.82) is 0 Å². The number of hydrogen-bond acceptors (Lipinski definition) is 4. The van der Waals surface area contributed by atoms with Gasteiger partial charge in [-0.25, -0.2) is 5.10 Å². The van der Waals surface area contributed by atoms with Gasteiger partial charge >= 0.3 is 0 Å².